The molecule has 0 aromatic rings. The summed E-state index contributed by atoms with van der Waals surface area (Å²) in [5.74, 6) is -10.2. The van der Waals surface area contributed by atoms with Crippen LogP contribution in [0.1, 0.15) is 72.1 Å². The van der Waals surface area contributed by atoms with Gasteiger partial charge in [0, 0.05) is 19.4 Å². The number of aliphatic carboxylic acids is 2. The largest absolute Gasteiger partial charge is 0.481 e. The van der Waals surface area contributed by atoms with E-state index in [-0.39, 0.29) is 38.1 Å². The SMILES string of the molecule is CC(C)C[C@H](NC(=O)[C@@H]1CCCN1C(=O)[C@H](CO)NC(=O)[C@H](C)NC(=O)[C@H](CCC(=O)O)NC(=O)[C@H](CC(=O)O)NC(=O)[C@@H](N)CCC(N)=O)C(N)=O. The van der Waals surface area contributed by atoms with E-state index in [0.717, 1.165) is 4.90 Å². The van der Waals surface area contributed by atoms with Gasteiger partial charge in [0.15, 0.2) is 0 Å². The second kappa shape index (κ2) is 21.9. The van der Waals surface area contributed by atoms with Gasteiger partial charge in [-0.1, -0.05) is 13.8 Å². The van der Waals surface area contributed by atoms with Crippen LogP contribution < -0.4 is 43.8 Å². The number of likely N-dealkylation sites (tertiary alicyclic amines) is 1. The Kier molecular flexibility index (Phi) is 18.8. The summed E-state index contributed by atoms with van der Waals surface area (Å²) in [6, 6.07) is -9.88. The Labute approximate surface area is 304 Å². The first-order valence-corrected chi connectivity index (χ1v) is 16.9. The third-order valence-corrected chi connectivity index (χ3v) is 8.08. The van der Waals surface area contributed by atoms with Crippen LogP contribution in [-0.4, -0.2) is 135 Å². The van der Waals surface area contributed by atoms with Crippen LogP contribution in [0, 0.1) is 5.92 Å². The first-order valence-electron chi connectivity index (χ1n) is 16.9. The molecule has 0 aromatic carbocycles. The minimum Gasteiger partial charge on any atom is -0.481 e. The highest BCUT2D eigenvalue weighted by molar-refractivity contribution is 5.98. The number of aliphatic hydroxyl groups excluding tert-OH is 1. The molecule has 7 atom stereocenters. The predicted octanol–water partition coefficient (Wildman–Crippen LogP) is -5.12. The van der Waals surface area contributed by atoms with Gasteiger partial charge < -0.3 is 64.0 Å². The normalized spacial score (nSPS) is 17.2. The molecule has 0 saturated carbocycles. The van der Waals surface area contributed by atoms with Crippen molar-refractivity contribution in [1.29, 1.82) is 0 Å². The van der Waals surface area contributed by atoms with Crippen LogP contribution in [0.5, 0.6) is 0 Å². The van der Waals surface area contributed by atoms with E-state index >= 15 is 0 Å². The van der Waals surface area contributed by atoms with E-state index in [0.29, 0.717) is 6.42 Å². The number of carbonyl (C=O) groups is 10. The second-order valence-electron chi connectivity index (χ2n) is 13.0. The van der Waals surface area contributed by atoms with Gasteiger partial charge in [-0.15, -0.1) is 0 Å². The molecule has 1 aliphatic heterocycles. The minimum absolute atomic E-state index is 0.0156. The van der Waals surface area contributed by atoms with Crippen molar-refractivity contribution in [3.05, 3.63) is 0 Å². The van der Waals surface area contributed by atoms with Crippen molar-refractivity contribution >= 4 is 59.2 Å². The second-order valence-corrected chi connectivity index (χ2v) is 13.0. The average molecular weight is 758 g/mol. The molecular formula is C31H51N9O13. The van der Waals surface area contributed by atoms with Gasteiger partial charge in [0.1, 0.15) is 36.3 Å². The Hall–Kier alpha value is -5.38. The zero-order chi connectivity index (χ0) is 40.6. The Balaban J connectivity index is 3.03. The lowest BCUT2D eigenvalue weighted by atomic mass is 10.0. The summed E-state index contributed by atoms with van der Waals surface area (Å²) in [7, 11) is 0. The number of hydrogen-bond acceptors (Lipinski definition) is 12. The van der Waals surface area contributed by atoms with E-state index in [1.165, 1.54) is 6.92 Å². The summed E-state index contributed by atoms with van der Waals surface area (Å²) in [5.41, 5.74) is 16.1. The molecule has 22 heteroatoms. The molecule has 1 rings (SSSR count). The maximum absolute atomic E-state index is 13.4. The molecule has 298 valence electrons. The summed E-state index contributed by atoms with van der Waals surface area (Å²) in [5, 5.41) is 39.8. The number of carboxylic acids is 2. The molecular weight excluding hydrogens is 706 g/mol. The van der Waals surface area contributed by atoms with Gasteiger partial charge in [-0.2, -0.15) is 0 Å². The fourth-order valence-corrected chi connectivity index (χ4v) is 5.25. The van der Waals surface area contributed by atoms with E-state index in [4.69, 9.17) is 17.2 Å². The number of amides is 8. The zero-order valence-electron chi connectivity index (χ0n) is 29.8. The number of primary amides is 2. The predicted molar refractivity (Wildman–Crippen MR) is 181 cm³/mol. The van der Waals surface area contributed by atoms with Crippen LogP contribution in [0.25, 0.3) is 0 Å². The van der Waals surface area contributed by atoms with Crippen LogP contribution in [0.2, 0.25) is 0 Å². The van der Waals surface area contributed by atoms with Gasteiger partial charge in [0.2, 0.25) is 47.3 Å². The third kappa shape index (κ3) is 15.8. The lowest BCUT2D eigenvalue weighted by Gasteiger charge is -2.29. The molecule has 14 N–H and O–H groups in total. The Bertz CT molecular complexity index is 1390. The number of rotatable bonds is 23. The molecule has 8 amide bonds. The van der Waals surface area contributed by atoms with Gasteiger partial charge in [0.05, 0.1) is 19.1 Å². The van der Waals surface area contributed by atoms with E-state index in [1.807, 2.05) is 13.8 Å². The minimum atomic E-state index is -1.80. The van der Waals surface area contributed by atoms with Gasteiger partial charge in [0.25, 0.3) is 0 Å². The number of carboxylic acid groups (broad SMARTS) is 2. The van der Waals surface area contributed by atoms with Crippen molar-refractivity contribution in [2.24, 2.45) is 23.1 Å². The number of nitrogens with zero attached hydrogens (tertiary/aromatic N) is 1. The number of nitrogens with one attached hydrogen (secondary N) is 5. The van der Waals surface area contributed by atoms with E-state index in [2.05, 4.69) is 26.6 Å². The number of nitrogens with two attached hydrogens (primary N) is 3. The van der Waals surface area contributed by atoms with Crippen LogP contribution >= 0.6 is 0 Å². The van der Waals surface area contributed by atoms with Crippen LogP contribution in [0.15, 0.2) is 0 Å². The van der Waals surface area contributed by atoms with Gasteiger partial charge >= 0.3 is 11.9 Å². The number of carbonyl (C=O) groups excluding carboxylic acids is 8. The highest BCUT2D eigenvalue weighted by atomic mass is 16.4. The molecule has 0 aromatic heterocycles. The van der Waals surface area contributed by atoms with Crippen molar-refractivity contribution in [2.75, 3.05) is 13.2 Å². The monoisotopic (exact) mass is 757 g/mol. The fraction of sp³-hybridized carbons (Fsp3) is 0.677. The number of aliphatic hydroxyl groups is 1. The molecule has 0 bridgehead atoms. The molecule has 53 heavy (non-hydrogen) atoms. The molecule has 22 nitrogen and oxygen atoms in total. The molecule has 0 radical (unpaired) electrons. The Morgan fingerprint density at radius 3 is 1.83 bits per heavy atom. The van der Waals surface area contributed by atoms with Crippen molar-refractivity contribution < 1.29 is 63.3 Å². The van der Waals surface area contributed by atoms with Crippen molar-refractivity contribution in [3.8, 4) is 0 Å². The highest BCUT2D eigenvalue weighted by Crippen LogP contribution is 2.19. The van der Waals surface area contributed by atoms with Crippen molar-refractivity contribution in [3.63, 3.8) is 0 Å². The van der Waals surface area contributed by atoms with Crippen molar-refractivity contribution in [2.45, 2.75) is 114 Å². The molecule has 1 fully saturated rings. The molecule has 1 heterocycles. The smallest absolute Gasteiger partial charge is 0.305 e. The molecule has 0 spiro atoms. The first kappa shape index (κ1) is 45.6. The summed E-state index contributed by atoms with van der Waals surface area (Å²) < 4.78 is 0. The van der Waals surface area contributed by atoms with Crippen LogP contribution in [-0.2, 0) is 47.9 Å². The van der Waals surface area contributed by atoms with Gasteiger partial charge in [-0.3, -0.25) is 47.9 Å². The lowest BCUT2D eigenvalue weighted by Crippen LogP contribution is -2.60. The maximum atomic E-state index is 13.4. The molecule has 1 saturated heterocycles. The standard InChI is InChI=1S/C31H51N9O13/c1-14(2)11-18(25(34)47)37-30(52)21-5-4-10-40(21)31(53)20(13-41)39-26(48)15(3)35-28(50)17(7-9-23(43)44)36-29(51)19(12-24(45)46)38-27(49)16(32)6-8-22(33)42/h14-21,41H,4-13,32H2,1-3H3,(H2,33,42)(H2,34,47)(H,35,50)(H,36,51)(H,37,52)(H,38,49)(H,39,48)(H,43,44)(H,45,46)/t15-,16-,17-,18-,19-,20-,21-/m0/s1. The molecule has 1 aliphatic rings. The highest BCUT2D eigenvalue weighted by Gasteiger charge is 2.39. The topological polar surface area (TPSA) is 373 Å². The lowest BCUT2D eigenvalue weighted by molar-refractivity contribution is -0.143. The zero-order valence-corrected chi connectivity index (χ0v) is 29.8. The average Bonchev–Trinajstić information content (AvgIpc) is 3.56. The summed E-state index contributed by atoms with van der Waals surface area (Å²) in [6.45, 7) is 4.01. The van der Waals surface area contributed by atoms with E-state index in [1.54, 1.807) is 0 Å². The van der Waals surface area contributed by atoms with E-state index < -0.39 is 127 Å². The fourth-order valence-electron chi connectivity index (χ4n) is 5.25. The third-order valence-electron chi connectivity index (χ3n) is 8.08. The summed E-state index contributed by atoms with van der Waals surface area (Å²) in [4.78, 5) is 125. The quantitative estimate of drug-likeness (QED) is 0.0465. The van der Waals surface area contributed by atoms with Crippen molar-refractivity contribution in [1.82, 2.24) is 31.5 Å². The molecule has 0 unspecified atom stereocenters. The van der Waals surface area contributed by atoms with Crippen LogP contribution in [0.3, 0.4) is 0 Å². The van der Waals surface area contributed by atoms with Crippen LogP contribution in [0.4, 0.5) is 0 Å². The number of hydrogen-bond donors (Lipinski definition) is 11. The summed E-state index contributed by atoms with van der Waals surface area (Å²) in [6.07, 6.45) is -1.82. The van der Waals surface area contributed by atoms with Gasteiger partial charge in [-0.05, 0) is 44.9 Å². The van der Waals surface area contributed by atoms with E-state index in [9.17, 15) is 63.3 Å². The Morgan fingerprint density at radius 1 is 0.717 bits per heavy atom. The Morgan fingerprint density at radius 2 is 1.30 bits per heavy atom. The summed E-state index contributed by atoms with van der Waals surface area (Å²) >= 11 is 0. The first-order chi connectivity index (χ1) is 24.7. The van der Waals surface area contributed by atoms with Gasteiger partial charge in [-0.25, -0.2) is 0 Å². The maximum Gasteiger partial charge on any atom is 0.305 e. The molecule has 0 aliphatic carbocycles.